The lowest BCUT2D eigenvalue weighted by Gasteiger charge is -2.45. The van der Waals surface area contributed by atoms with Crippen LogP contribution in [-0.4, -0.2) is 34.2 Å². The van der Waals surface area contributed by atoms with Crippen molar-refractivity contribution < 1.29 is 10.2 Å². The van der Waals surface area contributed by atoms with Crippen LogP contribution < -0.4 is 0 Å². The zero-order valence-corrected chi connectivity index (χ0v) is 14.4. The summed E-state index contributed by atoms with van der Waals surface area (Å²) in [6, 6.07) is 4.32. The first-order chi connectivity index (χ1) is 9.72. The van der Waals surface area contributed by atoms with E-state index in [0.29, 0.717) is 12.0 Å². The van der Waals surface area contributed by atoms with Crippen LogP contribution in [-0.2, 0) is 6.42 Å². The average molecular weight is 356 g/mol. The molecule has 0 aromatic heterocycles. The van der Waals surface area contributed by atoms with Crippen molar-refractivity contribution in [1.29, 1.82) is 0 Å². The van der Waals surface area contributed by atoms with Crippen molar-refractivity contribution in [3.63, 3.8) is 0 Å². The van der Waals surface area contributed by atoms with Crippen LogP contribution in [0.3, 0.4) is 0 Å². The zero-order chi connectivity index (χ0) is 14.1. The first kappa shape index (κ1) is 16.6. The summed E-state index contributed by atoms with van der Waals surface area (Å²) < 4.78 is 0. The van der Waals surface area contributed by atoms with Crippen LogP contribution in [0.2, 0.25) is 0 Å². The zero-order valence-electron chi connectivity index (χ0n) is 12.7. The van der Waals surface area contributed by atoms with Gasteiger partial charge in [-0.05, 0) is 62.7 Å². The number of unbranched alkanes of at least 4 members (excludes halogenated alkanes) is 1. The molecular weight excluding hydrogens is 330 g/mol. The summed E-state index contributed by atoms with van der Waals surface area (Å²) >= 11 is 0. The molecule has 0 spiro atoms. The topological polar surface area (TPSA) is 43.7 Å². The normalized spacial score (nSPS) is 24.8. The Morgan fingerprint density at radius 1 is 1.24 bits per heavy atom. The number of likely N-dealkylation sites (tertiary alicyclic amines) is 1. The molecule has 3 nitrogen and oxygen atoms in total. The van der Waals surface area contributed by atoms with Crippen molar-refractivity contribution in [3.05, 3.63) is 23.3 Å². The number of hydrogen-bond acceptors (Lipinski definition) is 3. The minimum absolute atomic E-state index is 0. The van der Waals surface area contributed by atoms with Gasteiger partial charge in [0.25, 0.3) is 0 Å². The van der Waals surface area contributed by atoms with E-state index in [4.69, 9.17) is 0 Å². The van der Waals surface area contributed by atoms with E-state index in [1.807, 2.05) is 6.07 Å². The average Bonchev–Trinajstić information content (AvgIpc) is 2.48. The number of rotatable bonds is 3. The van der Waals surface area contributed by atoms with Gasteiger partial charge in [-0.2, -0.15) is 0 Å². The second kappa shape index (κ2) is 7.01. The molecule has 2 N–H and O–H groups in total. The van der Waals surface area contributed by atoms with E-state index in [-0.39, 0.29) is 28.5 Å². The van der Waals surface area contributed by atoms with Gasteiger partial charge in [-0.3, -0.25) is 4.90 Å². The van der Waals surface area contributed by atoms with Gasteiger partial charge in [0.05, 0.1) is 0 Å². The molecule has 0 amide bonds. The third-order valence-corrected chi connectivity index (χ3v) is 5.08. The minimum Gasteiger partial charge on any atom is -0.504 e. The van der Waals surface area contributed by atoms with Crippen LogP contribution in [0.4, 0.5) is 0 Å². The van der Waals surface area contributed by atoms with Crippen LogP contribution in [0.25, 0.3) is 0 Å². The third-order valence-electron chi connectivity index (χ3n) is 5.08. The molecule has 21 heavy (non-hydrogen) atoms. The molecule has 1 aliphatic carbocycles. The van der Waals surface area contributed by atoms with Crippen molar-refractivity contribution in [2.45, 2.75) is 57.4 Å². The highest BCUT2D eigenvalue weighted by Crippen LogP contribution is 2.45. The largest absolute Gasteiger partial charge is 0.504 e. The van der Waals surface area contributed by atoms with Gasteiger partial charge in [0.1, 0.15) is 0 Å². The fraction of sp³-hybridized carbons (Fsp3) is 0.647. The maximum atomic E-state index is 10.1. The van der Waals surface area contributed by atoms with E-state index in [2.05, 4.69) is 11.8 Å². The monoisotopic (exact) mass is 355 g/mol. The highest BCUT2D eigenvalue weighted by atomic mass is 79.9. The summed E-state index contributed by atoms with van der Waals surface area (Å²) in [5, 5.41) is 19.8. The van der Waals surface area contributed by atoms with Crippen LogP contribution >= 0.6 is 17.0 Å². The van der Waals surface area contributed by atoms with Crippen molar-refractivity contribution in [3.8, 4) is 11.5 Å². The summed E-state index contributed by atoms with van der Waals surface area (Å²) in [6.07, 6.45) is 6.98. The second-order valence-corrected chi connectivity index (χ2v) is 6.25. The predicted molar refractivity (Wildman–Crippen MR) is 90.7 cm³/mol. The molecule has 0 saturated carbocycles. The molecule has 1 aliphatic heterocycles. The van der Waals surface area contributed by atoms with Gasteiger partial charge in [-0.15, -0.1) is 17.0 Å². The number of phenols is 2. The van der Waals surface area contributed by atoms with E-state index in [1.54, 1.807) is 6.07 Å². The maximum Gasteiger partial charge on any atom is 0.160 e. The number of fused-ring (bicyclic) bond motifs is 3. The summed E-state index contributed by atoms with van der Waals surface area (Å²) in [7, 11) is 0. The number of halogens is 1. The Labute approximate surface area is 137 Å². The van der Waals surface area contributed by atoms with E-state index in [1.165, 1.54) is 44.3 Å². The molecule has 2 atom stereocenters. The van der Waals surface area contributed by atoms with E-state index in [9.17, 15) is 10.2 Å². The lowest BCUT2D eigenvalue weighted by Crippen LogP contribution is -2.46. The number of piperidine rings is 1. The molecule has 3 rings (SSSR count). The van der Waals surface area contributed by atoms with Crippen molar-refractivity contribution in [2.24, 2.45) is 0 Å². The lowest BCUT2D eigenvalue weighted by molar-refractivity contribution is 0.110. The molecule has 2 unspecified atom stereocenters. The van der Waals surface area contributed by atoms with Gasteiger partial charge in [-0.1, -0.05) is 19.4 Å². The standard InChI is InChI=1S/C17H25NO2.BrH/c1-2-3-10-18-11-4-5-13-12-7-9-16(19)17(20)14(12)6-8-15(13)18;/h7,9,13,15,19-20H,2-6,8,10-11H2,1H3;1H. The quantitative estimate of drug-likeness (QED) is 0.806. The van der Waals surface area contributed by atoms with E-state index >= 15 is 0 Å². The number of phenolic OH excluding ortho intramolecular Hbond substituents is 2. The third kappa shape index (κ3) is 3.07. The van der Waals surface area contributed by atoms with Gasteiger partial charge in [-0.25, -0.2) is 0 Å². The minimum atomic E-state index is 0. The molecular formula is C17H26BrNO2. The fourth-order valence-electron chi connectivity index (χ4n) is 4.05. The molecule has 0 radical (unpaired) electrons. The highest BCUT2D eigenvalue weighted by Gasteiger charge is 2.37. The van der Waals surface area contributed by atoms with Crippen molar-refractivity contribution in [2.75, 3.05) is 13.1 Å². The predicted octanol–water partition coefficient (Wildman–Crippen LogP) is 3.97. The molecule has 1 saturated heterocycles. The van der Waals surface area contributed by atoms with Crippen LogP contribution in [0.15, 0.2) is 12.1 Å². The Bertz CT molecular complexity index is 492. The van der Waals surface area contributed by atoms with Crippen LogP contribution in [0, 0.1) is 0 Å². The molecule has 118 valence electrons. The molecule has 0 bridgehead atoms. The SMILES string of the molecule is Br.CCCCN1CCCC2c3ccc(O)c(O)c3CCC21. The van der Waals surface area contributed by atoms with Gasteiger partial charge in [0.2, 0.25) is 0 Å². The Kier molecular flexibility index (Phi) is 5.55. The van der Waals surface area contributed by atoms with Crippen LogP contribution in [0.5, 0.6) is 11.5 Å². The number of aromatic hydroxyl groups is 2. The molecule has 4 heteroatoms. The van der Waals surface area contributed by atoms with Crippen molar-refractivity contribution in [1.82, 2.24) is 4.90 Å². The molecule has 1 aromatic carbocycles. The number of hydrogen-bond donors (Lipinski definition) is 2. The number of benzene rings is 1. The van der Waals surface area contributed by atoms with Gasteiger partial charge < -0.3 is 10.2 Å². The van der Waals surface area contributed by atoms with E-state index in [0.717, 1.165) is 18.4 Å². The smallest absolute Gasteiger partial charge is 0.160 e. The molecule has 1 fully saturated rings. The summed E-state index contributed by atoms with van der Waals surface area (Å²) in [5.74, 6) is 0.684. The summed E-state index contributed by atoms with van der Waals surface area (Å²) in [5.41, 5.74) is 2.27. The highest BCUT2D eigenvalue weighted by molar-refractivity contribution is 8.93. The first-order valence-electron chi connectivity index (χ1n) is 8.00. The Morgan fingerprint density at radius 2 is 2.05 bits per heavy atom. The molecule has 1 heterocycles. The Balaban J connectivity index is 0.00000161. The fourth-order valence-corrected chi connectivity index (χ4v) is 4.05. The van der Waals surface area contributed by atoms with Crippen molar-refractivity contribution >= 4 is 17.0 Å². The Hall–Kier alpha value is -0.740. The second-order valence-electron chi connectivity index (χ2n) is 6.25. The molecule has 1 aromatic rings. The first-order valence-corrected chi connectivity index (χ1v) is 8.00. The Morgan fingerprint density at radius 3 is 2.81 bits per heavy atom. The van der Waals surface area contributed by atoms with Crippen LogP contribution in [0.1, 0.15) is 56.1 Å². The van der Waals surface area contributed by atoms with Gasteiger partial charge in [0, 0.05) is 11.6 Å². The maximum absolute atomic E-state index is 10.1. The lowest BCUT2D eigenvalue weighted by atomic mass is 9.74. The van der Waals surface area contributed by atoms with Gasteiger partial charge in [0.15, 0.2) is 11.5 Å². The number of nitrogens with zero attached hydrogens (tertiary/aromatic N) is 1. The van der Waals surface area contributed by atoms with E-state index < -0.39 is 0 Å². The summed E-state index contributed by atoms with van der Waals surface area (Å²) in [6.45, 7) is 4.68. The molecule has 2 aliphatic rings. The summed E-state index contributed by atoms with van der Waals surface area (Å²) in [4.78, 5) is 2.66. The van der Waals surface area contributed by atoms with Gasteiger partial charge >= 0.3 is 0 Å².